The Bertz CT molecular complexity index is 388. The molecular weight excluding hydrogens is 223 g/mol. The van der Waals surface area contributed by atoms with E-state index in [4.69, 9.17) is 9.47 Å². The highest BCUT2D eigenvalue weighted by atomic mass is 19.1. The van der Waals surface area contributed by atoms with E-state index in [1.165, 1.54) is 19.2 Å². The number of hydrogen-bond donors (Lipinski definition) is 1. The Hall–Kier alpha value is -1.13. The van der Waals surface area contributed by atoms with Gasteiger partial charge in [-0.25, -0.2) is 4.39 Å². The van der Waals surface area contributed by atoms with Crippen molar-refractivity contribution in [1.29, 1.82) is 0 Å². The van der Waals surface area contributed by atoms with Gasteiger partial charge < -0.3 is 14.6 Å². The molecular formula is C13H19FO3. The van der Waals surface area contributed by atoms with E-state index in [0.29, 0.717) is 11.3 Å². The van der Waals surface area contributed by atoms with Crippen LogP contribution in [0.15, 0.2) is 12.1 Å². The number of aliphatic hydroxyl groups is 1. The van der Waals surface area contributed by atoms with Crippen LogP contribution in [0.3, 0.4) is 0 Å². The van der Waals surface area contributed by atoms with Gasteiger partial charge >= 0.3 is 0 Å². The molecule has 0 aliphatic carbocycles. The highest BCUT2D eigenvalue weighted by molar-refractivity contribution is 5.45. The minimum atomic E-state index is -0.507. The van der Waals surface area contributed by atoms with Crippen LogP contribution < -0.4 is 4.74 Å². The van der Waals surface area contributed by atoms with E-state index >= 15 is 0 Å². The number of hydrogen-bond acceptors (Lipinski definition) is 3. The third kappa shape index (κ3) is 2.96. The lowest BCUT2D eigenvalue weighted by Gasteiger charge is -2.27. The quantitative estimate of drug-likeness (QED) is 0.860. The molecule has 0 unspecified atom stereocenters. The molecule has 0 radical (unpaired) electrons. The maximum Gasteiger partial charge on any atom is 0.127 e. The predicted molar refractivity (Wildman–Crippen MR) is 63.8 cm³/mol. The highest BCUT2D eigenvalue weighted by Crippen LogP contribution is 2.35. The van der Waals surface area contributed by atoms with Crippen LogP contribution in [0.4, 0.5) is 4.39 Å². The number of halogens is 1. The first-order chi connectivity index (χ1) is 7.96. The van der Waals surface area contributed by atoms with Gasteiger partial charge in [0, 0.05) is 24.2 Å². The molecule has 0 saturated carbocycles. The Balaban J connectivity index is 3.41. The van der Waals surface area contributed by atoms with Gasteiger partial charge in [-0.15, -0.1) is 0 Å². The topological polar surface area (TPSA) is 38.7 Å². The summed E-state index contributed by atoms with van der Waals surface area (Å²) >= 11 is 0. The van der Waals surface area contributed by atoms with Crippen molar-refractivity contribution in [2.45, 2.75) is 25.9 Å². The zero-order valence-electron chi connectivity index (χ0n) is 10.7. The van der Waals surface area contributed by atoms with Crippen molar-refractivity contribution >= 4 is 0 Å². The Kier molecular flexibility index (Phi) is 4.48. The number of methoxy groups -OCH3 is 2. The summed E-state index contributed by atoms with van der Waals surface area (Å²) in [4.78, 5) is 0. The summed E-state index contributed by atoms with van der Waals surface area (Å²) in [5.41, 5.74) is 0.974. The van der Waals surface area contributed by atoms with Gasteiger partial charge in [-0.05, 0) is 11.6 Å². The maximum absolute atomic E-state index is 13.4. The normalized spacial score (nSPS) is 11.6. The van der Waals surface area contributed by atoms with E-state index in [9.17, 15) is 9.50 Å². The first-order valence-electron chi connectivity index (χ1n) is 5.43. The van der Waals surface area contributed by atoms with Crippen molar-refractivity contribution in [1.82, 2.24) is 0 Å². The minimum Gasteiger partial charge on any atom is -0.496 e. The first kappa shape index (κ1) is 13.9. The third-order valence-corrected chi connectivity index (χ3v) is 2.74. The van der Waals surface area contributed by atoms with Crippen LogP contribution in [0.1, 0.15) is 25.0 Å². The van der Waals surface area contributed by atoms with Gasteiger partial charge in [-0.3, -0.25) is 0 Å². The standard InChI is InChI=1S/C13H19FO3/c1-13(2,8-15)12-9(7-16-3)5-10(14)6-11(12)17-4/h5-6,15H,7-8H2,1-4H3. The second kappa shape index (κ2) is 5.47. The zero-order chi connectivity index (χ0) is 13.1. The van der Waals surface area contributed by atoms with Crippen LogP contribution in [0, 0.1) is 5.82 Å². The molecule has 1 aromatic carbocycles. The van der Waals surface area contributed by atoms with Crippen LogP contribution in [0.25, 0.3) is 0 Å². The van der Waals surface area contributed by atoms with Crippen LogP contribution >= 0.6 is 0 Å². The minimum absolute atomic E-state index is 0.0499. The fourth-order valence-electron chi connectivity index (χ4n) is 1.91. The Morgan fingerprint density at radius 3 is 2.41 bits per heavy atom. The largest absolute Gasteiger partial charge is 0.496 e. The summed E-state index contributed by atoms with van der Waals surface area (Å²) in [5, 5.41) is 9.44. The van der Waals surface area contributed by atoms with E-state index in [-0.39, 0.29) is 19.0 Å². The van der Waals surface area contributed by atoms with Gasteiger partial charge in [0.15, 0.2) is 0 Å². The predicted octanol–water partition coefficient (Wildman–Crippen LogP) is 2.25. The van der Waals surface area contributed by atoms with E-state index in [2.05, 4.69) is 0 Å². The summed E-state index contributed by atoms with van der Waals surface area (Å²) in [6.07, 6.45) is 0. The van der Waals surface area contributed by atoms with Gasteiger partial charge in [0.25, 0.3) is 0 Å². The summed E-state index contributed by atoms with van der Waals surface area (Å²) in [6, 6.07) is 2.74. The first-order valence-corrected chi connectivity index (χ1v) is 5.43. The second-order valence-corrected chi connectivity index (χ2v) is 4.62. The fourth-order valence-corrected chi connectivity index (χ4v) is 1.91. The molecule has 1 aromatic rings. The lowest BCUT2D eigenvalue weighted by Crippen LogP contribution is -2.25. The van der Waals surface area contributed by atoms with Gasteiger partial charge in [0.1, 0.15) is 11.6 Å². The van der Waals surface area contributed by atoms with E-state index in [0.717, 1.165) is 5.56 Å². The van der Waals surface area contributed by atoms with Gasteiger partial charge in [-0.1, -0.05) is 13.8 Å². The molecule has 0 aliphatic rings. The summed E-state index contributed by atoms with van der Waals surface area (Å²) in [6.45, 7) is 3.99. The average molecular weight is 242 g/mol. The number of aliphatic hydroxyl groups excluding tert-OH is 1. The SMILES string of the molecule is COCc1cc(F)cc(OC)c1C(C)(C)CO. The van der Waals surface area contributed by atoms with Crippen molar-refractivity contribution in [3.63, 3.8) is 0 Å². The number of ether oxygens (including phenoxy) is 2. The fraction of sp³-hybridized carbons (Fsp3) is 0.538. The van der Waals surface area contributed by atoms with Crippen molar-refractivity contribution < 1.29 is 19.0 Å². The smallest absolute Gasteiger partial charge is 0.127 e. The molecule has 0 heterocycles. The molecule has 0 amide bonds. The summed E-state index contributed by atoms with van der Waals surface area (Å²) in [7, 11) is 3.04. The van der Waals surface area contributed by atoms with Crippen molar-refractivity contribution in [2.24, 2.45) is 0 Å². The van der Waals surface area contributed by atoms with Crippen LogP contribution in [0.5, 0.6) is 5.75 Å². The molecule has 0 bridgehead atoms. The van der Waals surface area contributed by atoms with Gasteiger partial charge in [0.05, 0.1) is 20.3 Å². The maximum atomic E-state index is 13.4. The molecule has 4 heteroatoms. The average Bonchev–Trinajstić information content (AvgIpc) is 2.28. The summed E-state index contributed by atoms with van der Waals surface area (Å²) in [5.74, 6) is 0.0717. The lowest BCUT2D eigenvalue weighted by atomic mass is 9.82. The van der Waals surface area contributed by atoms with Crippen LogP contribution in [-0.4, -0.2) is 25.9 Å². The molecule has 0 saturated heterocycles. The zero-order valence-corrected chi connectivity index (χ0v) is 10.7. The van der Waals surface area contributed by atoms with Crippen molar-refractivity contribution in [2.75, 3.05) is 20.8 Å². The second-order valence-electron chi connectivity index (χ2n) is 4.62. The molecule has 0 fully saturated rings. The monoisotopic (exact) mass is 242 g/mol. The van der Waals surface area contributed by atoms with Crippen LogP contribution in [0.2, 0.25) is 0 Å². The Morgan fingerprint density at radius 1 is 1.29 bits per heavy atom. The molecule has 96 valence electrons. The number of benzene rings is 1. The molecule has 0 aliphatic heterocycles. The van der Waals surface area contributed by atoms with E-state index in [1.54, 1.807) is 7.11 Å². The Labute approximate surface area is 101 Å². The lowest BCUT2D eigenvalue weighted by molar-refractivity contribution is 0.176. The number of rotatable bonds is 5. The van der Waals surface area contributed by atoms with E-state index in [1.807, 2.05) is 13.8 Å². The molecule has 0 atom stereocenters. The molecule has 0 spiro atoms. The highest BCUT2D eigenvalue weighted by Gasteiger charge is 2.27. The molecule has 1 rings (SSSR count). The van der Waals surface area contributed by atoms with E-state index < -0.39 is 5.41 Å². The molecule has 3 nitrogen and oxygen atoms in total. The third-order valence-electron chi connectivity index (χ3n) is 2.74. The molecule has 17 heavy (non-hydrogen) atoms. The van der Waals surface area contributed by atoms with Crippen molar-refractivity contribution in [3.05, 3.63) is 29.1 Å². The van der Waals surface area contributed by atoms with Gasteiger partial charge in [0.2, 0.25) is 0 Å². The Morgan fingerprint density at radius 2 is 1.94 bits per heavy atom. The van der Waals surface area contributed by atoms with Crippen LogP contribution in [-0.2, 0) is 16.8 Å². The summed E-state index contributed by atoms with van der Waals surface area (Å²) < 4.78 is 23.7. The van der Waals surface area contributed by atoms with Crippen molar-refractivity contribution in [3.8, 4) is 5.75 Å². The molecule has 1 N–H and O–H groups in total. The van der Waals surface area contributed by atoms with Gasteiger partial charge in [-0.2, -0.15) is 0 Å². The molecule has 0 aromatic heterocycles.